The van der Waals surface area contributed by atoms with Crippen LogP contribution in [0, 0.1) is 0 Å². The summed E-state index contributed by atoms with van der Waals surface area (Å²) in [5.74, 6) is 0. The molecule has 37 heavy (non-hydrogen) atoms. The van der Waals surface area contributed by atoms with Gasteiger partial charge in [0.25, 0.3) is 0 Å². The van der Waals surface area contributed by atoms with E-state index in [1.165, 1.54) is 129 Å². The quantitative estimate of drug-likeness (QED) is 0.0830. The molecule has 4 heteroatoms. The summed E-state index contributed by atoms with van der Waals surface area (Å²) in [5, 5.41) is 0. The fourth-order valence-corrected chi connectivity index (χ4v) is 9.07. The normalized spacial score (nSPS) is 11.4. The molecule has 0 N–H and O–H groups in total. The van der Waals surface area contributed by atoms with E-state index in [1.807, 2.05) is 51.4 Å². The van der Waals surface area contributed by atoms with Crippen LogP contribution in [-0.2, 0) is 12.8 Å². The minimum atomic E-state index is 1.18. The first-order chi connectivity index (χ1) is 18.3. The molecule has 0 saturated heterocycles. The Kier molecular flexibility index (Phi) is 12.2. The molecular weight excluding hydrogens is 525 g/mol. The molecule has 0 aliphatic carbocycles. The zero-order valence-electron chi connectivity index (χ0n) is 22.4. The van der Waals surface area contributed by atoms with Crippen LogP contribution in [0.1, 0.15) is 93.7 Å². The van der Waals surface area contributed by atoms with E-state index >= 15 is 0 Å². The van der Waals surface area contributed by atoms with Crippen LogP contribution in [0.3, 0.4) is 0 Å². The highest BCUT2D eigenvalue weighted by Crippen LogP contribution is 2.43. The summed E-state index contributed by atoms with van der Waals surface area (Å²) in [6.07, 6.45) is 20.6. The van der Waals surface area contributed by atoms with Gasteiger partial charge in [0.2, 0.25) is 0 Å². The molecular formula is C33H42S4. The molecule has 0 aliphatic heterocycles. The van der Waals surface area contributed by atoms with Crippen molar-refractivity contribution in [3.05, 3.63) is 70.9 Å². The predicted molar refractivity (Wildman–Crippen MR) is 173 cm³/mol. The molecule has 0 spiro atoms. The van der Waals surface area contributed by atoms with E-state index in [2.05, 4.69) is 62.0 Å². The number of rotatable bonds is 18. The van der Waals surface area contributed by atoms with Gasteiger partial charge in [-0.3, -0.25) is 0 Å². The first-order valence-electron chi connectivity index (χ1n) is 14.3. The molecule has 0 aromatic carbocycles. The Hall–Kier alpha value is -1.46. The van der Waals surface area contributed by atoms with Gasteiger partial charge in [0, 0.05) is 39.0 Å². The van der Waals surface area contributed by atoms with E-state index < -0.39 is 0 Å². The van der Waals surface area contributed by atoms with Gasteiger partial charge in [0.15, 0.2) is 0 Å². The van der Waals surface area contributed by atoms with Crippen molar-refractivity contribution in [2.24, 2.45) is 0 Å². The van der Waals surface area contributed by atoms with Gasteiger partial charge in [0.1, 0.15) is 0 Å². The highest BCUT2D eigenvalue weighted by atomic mass is 32.1. The lowest BCUT2D eigenvalue weighted by Gasteiger charge is -2.01. The van der Waals surface area contributed by atoms with Gasteiger partial charge in [-0.2, -0.15) is 0 Å². The lowest BCUT2D eigenvalue weighted by Crippen LogP contribution is -1.83. The topological polar surface area (TPSA) is 0 Å². The van der Waals surface area contributed by atoms with Gasteiger partial charge in [-0.05, 0) is 87.1 Å². The van der Waals surface area contributed by atoms with Crippen molar-refractivity contribution in [1.82, 2.24) is 0 Å². The van der Waals surface area contributed by atoms with Crippen LogP contribution in [0.25, 0.3) is 29.3 Å². The molecule has 0 fully saturated rings. The molecule has 0 radical (unpaired) electrons. The van der Waals surface area contributed by atoms with Crippen LogP contribution in [0.2, 0.25) is 0 Å². The van der Waals surface area contributed by atoms with Gasteiger partial charge in [-0.15, -0.1) is 51.9 Å². The monoisotopic (exact) mass is 566 g/mol. The van der Waals surface area contributed by atoms with Crippen molar-refractivity contribution in [2.45, 2.75) is 96.8 Å². The van der Waals surface area contributed by atoms with E-state index in [1.54, 1.807) is 0 Å². The van der Waals surface area contributed by atoms with Crippen LogP contribution in [0.5, 0.6) is 0 Å². The summed E-state index contributed by atoms with van der Waals surface area (Å²) in [5.41, 5.74) is 0. The number of unbranched alkanes of at least 4 members (excludes halogenated alkanes) is 10. The minimum absolute atomic E-state index is 1.18. The number of thiophene rings is 4. The van der Waals surface area contributed by atoms with E-state index in [-0.39, 0.29) is 0 Å². The molecule has 0 atom stereocenters. The predicted octanol–water partition coefficient (Wildman–Crippen LogP) is 12.9. The maximum atomic E-state index is 3.81. The van der Waals surface area contributed by atoms with Crippen molar-refractivity contribution in [3.63, 3.8) is 0 Å². The molecule has 0 nitrogen and oxygen atoms in total. The second-order valence-electron chi connectivity index (χ2n) is 9.97. The molecule has 198 valence electrons. The van der Waals surface area contributed by atoms with Crippen molar-refractivity contribution in [2.75, 3.05) is 0 Å². The number of aryl methyl sites for hydroxylation is 2. The van der Waals surface area contributed by atoms with Crippen LogP contribution in [0.15, 0.2) is 61.2 Å². The Balaban J connectivity index is 1.24. The zero-order chi connectivity index (χ0) is 25.7. The molecule has 0 saturated carbocycles. The third-order valence-electron chi connectivity index (χ3n) is 6.87. The smallest absolute Gasteiger partial charge is 0.0449 e. The molecule has 0 unspecified atom stereocenters. The number of hydrogen-bond donors (Lipinski definition) is 0. The zero-order valence-corrected chi connectivity index (χ0v) is 25.7. The first-order valence-corrected chi connectivity index (χ1v) is 17.5. The average molecular weight is 567 g/mol. The second kappa shape index (κ2) is 15.8. The fraction of sp³-hybridized carbons (Fsp3) is 0.455. The highest BCUT2D eigenvalue weighted by Gasteiger charge is 2.12. The third-order valence-corrected chi connectivity index (χ3v) is 11.9. The van der Waals surface area contributed by atoms with Crippen molar-refractivity contribution in [3.8, 4) is 29.3 Å². The van der Waals surface area contributed by atoms with Gasteiger partial charge in [0.05, 0.1) is 0 Å². The summed E-state index contributed by atoms with van der Waals surface area (Å²) >= 11 is 7.86. The summed E-state index contributed by atoms with van der Waals surface area (Å²) in [6.45, 7) is 6.09. The van der Waals surface area contributed by atoms with Crippen molar-refractivity contribution in [1.29, 1.82) is 0 Å². The summed E-state index contributed by atoms with van der Waals surface area (Å²) in [6, 6.07) is 18.6. The summed E-state index contributed by atoms with van der Waals surface area (Å²) < 4.78 is 0. The highest BCUT2D eigenvalue weighted by molar-refractivity contribution is 7.28. The molecule has 4 rings (SSSR count). The molecule has 4 aromatic rings. The average Bonchev–Trinajstić information content (AvgIpc) is 3.72. The lowest BCUT2D eigenvalue weighted by atomic mass is 10.1. The molecule has 0 aliphatic rings. The van der Waals surface area contributed by atoms with Crippen LogP contribution < -0.4 is 0 Å². The molecule has 0 amide bonds. The number of hydrogen-bond acceptors (Lipinski definition) is 4. The Labute approximate surface area is 241 Å². The van der Waals surface area contributed by atoms with Gasteiger partial charge in [-0.1, -0.05) is 64.4 Å². The van der Waals surface area contributed by atoms with E-state index in [9.17, 15) is 0 Å². The summed E-state index contributed by atoms with van der Waals surface area (Å²) in [7, 11) is 0. The van der Waals surface area contributed by atoms with Gasteiger partial charge >= 0.3 is 0 Å². The molecule has 4 heterocycles. The van der Waals surface area contributed by atoms with Crippen LogP contribution in [0.4, 0.5) is 0 Å². The Morgan fingerprint density at radius 3 is 1.32 bits per heavy atom. The summed E-state index contributed by atoms with van der Waals surface area (Å²) in [4.78, 5) is 11.5. The third kappa shape index (κ3) is 9.06. The van der Waals surface area contributed by atoms with Crippen LogP contribution in [-0.4, -0.2) is 0 Å². The lowest BCUT2D eigenvalue weighted by molar-refractivity contribution is 0.582. The van der Waals surface area contributed by atoms with Crippen molar-refractivity contribution >= 4 is 45.3 Å². The Morgan fingerprint density at radius 1 is 0.486 bits per heavy atom. The largest absolute Gasteiger partial charge is 0.139 e. The maximum absolute atomic E-state index is 3.81. The molecule has 0 bridgehead atoms. The fourth-order valence-electron chi connectivity index (χ4n) is 4.69. The number of allylic oxidation sites excluding steroid dienone is 1. The maximum Gasteiger partial charge on any atom is 0.0449 e. The van der Waals surface area contributed by atoms with E-state index in [0.717, 1.165) is 0 Å². The minimum Gasteiger partial charge on any atom is -0.139 e. The van der Waals surface area contributed by atoms with Gasteiger partial charge in [-0.25, -0.2) is 0 Å². The SMILES string of the molecule is C=CCCCCCCCCCc1ccc(-c2ccc(-c3ccc(-c4ccc(CCCCCC)s4)s3)s2)s1. The standard InChI is InChI=1S/C33H42S4/c1-3-5-7-9-10-11-12-13-15-17-27-19-21-29(35-27)31-23-25-33(37-31)32-24-22-30(36-32)28-20-18-26(34-28)16-14-8-6-4-2/h3,18-25H,1,4-17H2,2H3. The molecule has 4 aromatic heterocycles. The van der Waals surface area contributed by atoms with E-state index in [0.29, 0.717) is 0 Å². The Bertz CT molecular complexity index is 1180. The first kappa shape index (κ1) is 28.5. The second-order valence-corrected chi connectivity index (χ2v) is 14.5. The Morgan fingerprint density at radius 2 is 0.865 bits per heavy atom. The van der Waals surface area contributed by atoms with Crippen molar-refractivity contribution < 1.29 is 0 Å². The van der Waals surface area contributed by atoms with E-state index in [4.69, 9.17) is 0 Å². The van der Waals surface area contributed by atoms with Crippen LogP contribution >= 0.6 is 45.3 Å². The van der Waals surface area contributed by atoms with Gasteiger partial charge < -0.3 is 0 Å².